The Morgan fingerprint density at radius 2 is 2.13 bits per heavy atom. The second-order valence-electron chi connectivity index (χ2n) is 6.61. The monoisotopic (exact) mass is 322 g/mol. The molecule has 1 saturated carbocycles. The van der Waals surface area contributed by atoms with Gasteiger partial charge in [0.25, 0.3) is 5.69 Å². The van der Waals surface area contributed by atoms with E-state index >= 15 is 0 Å². The lowest BCUT2D eigenvalue weighted by Gasteiger charge is -2.37. The third kappa shape index (κ3) is 5.21. The molecule has 1 N–H and O–H groups in total. The maximum atomic E-state index is 11.7. The highest BCUT2D eigenvalue weighted by Crippen LogP contribution is 2.25. The zero-order valence-corrected chi connectivity index (χ0v) is 13.6. The summed E-state index contributed by atoms with van der Waals surface area (Å²) in [5, 5.41) is 13.5. The molecule has 2 rings (SSSR count). The van der Waals surface area contributed by atoms with Crippen molar-refractivity contribution in [2.24, 2.45) is 0 Å². The summed E-state index contributed by atoms with van der Waals surface area (Å²) in [6.07, 6.45) is 1.13. The fourth-order valence-electron chi connectivity index (χ4n) is 2.26. The van der Waals surface area contributed by atoms with Crippen LogP contribution >= 0.6 is 0 Å². The van der Waals surface area contributed by atoms with Crippen LogP contribution in [0.2, 0.25) is 0 Å². The van der Waals surface area contributed by atoms with Crippen LogP contribution in [0, 0.1) is 10.1 Å². The number of nitrogens with one attached hydrogen (secondary N) is 1. The first-order valence-electron chi connectivity index (χ1n) is 7.59. The van der Waals surface area contributed by atoms with Crippen LogP contribution in [0.4, 0.5) is 10.5 Å². The highest BCUT2D eigenvalue weighted by molar-refractivity contribution is 5.68. The molecular formula is C16H22N2O5. The molecule has 1 aromatic carbocycles. The van der Waals surface area contributed by atoms with Gasteiger partial charge < -0.3 is 14.8 Å². The minimum Gasteiger partial charge on any atom is -0.444 e. The van der Waals surface area contributed by atoms with Gasteiger partial charge in [-0.15, -0.1) is 0 Å². The van der Waals surface area contributed by atoms with E-state index in [2.05, 4.69) is 5.32 Å². The van der Waals surface area contributed by atoms with Crippen molar-refractivity contribution in [3.05, 3.63) is 39.9 Å². The van der Waals surface area contributed by atoms with Gasteiger partial charge in [0.2, 0.25) is 0 Å². The van der Waals surface area contributed by atoms with Gasteiger partial charge in [-0.25, -0.2) is 4.79 Å². The normalized spacial score (nSPS) is 20.5. The number of nitro groups is 1. The number of hydrogen-bond donors (Lipinski definition) is 1. The number of hydrogen-bond acceptors (Lipinski definition) is 5. The Hall–Kier alpha value is -2.15. The molecule has 0 bridgehead atoms. The molecule has 0 aliphatic heterocycles. The van der Waals surface area contributed by atoms with Crippen LogP contribution in [0.15, 0.2) is 24.3 Å². The van der Waals surface area contributed by atoms with E-state index in [4.69, 9.17) is 9.47 Å². The van der Waals surface area contributed by atoms with Crippen molar-refractivity contribution in [1.29, 1.82) is 0 Å². The smallest absolute Gasteiger partial charge is 0.407 e. The summed E-state index contributed by atoms with van der Waals surface area (Å²) in [5.74, 6) is 0. The van der Waals surface area contributed by atoms with Crippen LogP contribution in [-0.2, 0) is 16.1 Å². The van der Waals surface area contributed by atoms with Crippen molar-refractivity contribution in [3.8, 4) is 0 Å². The molecular weight excluding hydrogens is 300 g/mol. The topological polar surface area (TPSA) is 90.7 Å². The van der Waals surface area contributed by atoms with Gasteiger partial charge in [-0.2, -0.15) is 0 Å². The second kappa shape index (κ2) is 6.95. The molecule has 1 fully saturated rings. The van der Waals surface area contributed by atoms with Crippen molar-refractivity contribution < 1.29 is 19.2 Å². The predicted molar refractivity (Wildman–Crippen MR) is 84.1 cm³/mol. The number of carbonyl (C=O) groups excluding carboxylic acids is 1. The van der Waals surface area contributed by atoms with Crippen molar-refractivity contribution in [1.82, 2.24) is 5.32 Å². The van der Waals surface area contributed by atoms with Gasteiger partial charge >= 0.3 is 6.09 Å². The van der Waals surface area contributed by atoms with Crippen LogP contribution in [0.3, 0.4) is 0 Å². The van der Waals surface area contributed by atoms with E-state index in [1.54, 1.807) is 12.1 Å². The van der Waals surface area contributed by atoms with Crippen LogP contribution in [0.5, 0.6) is 0 Å². The number of alkyl carbamates (subject to hydrolysis) is 1. The number of amides is 1. The molecule has 0 spiro atoms. The molecule has 1 aromatic rings. The maximum Gasteiger partial charge on any atom is 0.407 e. The Bertz CT molecular complexity index is 582. The minimum absolute atomic E-state index is 0.0446. The van der Waals surface area contributed by atoms with Crippen molar-refractivity contribution >= 4 is 11.8 Å². The highest BCUT2D eigenvalue weighted by Gasteiger charge is 2.34. The minimum atomic E-state index is -0.535. The zero-order valence-electron chi connectivity index (χ0n) is 13.6. The first kappa shape index (κ1) is 17.2. The summed E-state index contributed by atoms with van der Waals surface area (Å²) in [6.45, 7) is 5.70. The Balaban J connectivity index is 1.81. The lowest BCUT2D eigenvalue weighted by Crippen LogP contribution is -2.52. The molecule has 7 heteroatoms. The van der Waals surface area contributed by atoms with E-state index in [-0.39, 0.29) is 24.4 Å². The van der Waals surface area contributed by atoms with E-state index < -0.39 is 16.6 Å². The quantitative estimate of drug-likeness (QED) is 0.664. The fourth-order valence-corrected chi connectivity index (χ4v) is 2.26. The number of non-ortho nitro benzene ring substituents is 1. The number of rotatable bonds is 5. The molecule has 7 nitrogen and oxygen atoms in total. The SMILES string of the molecule is CC(C)(C)OC(=O)N[C@@H]1CC[C@H]1OCc1cccc([N+](=O)[O-])c1. The van der Waals surface area contributed by atoms with Crippen LogP contribution in [0.1, 0.15) is 39.2 Å². The molecule has 0 saturated heterocycles. The van der Waals surface area contributed by atoms with E-state index in [9.17, 15) is 14.9 Å². The Kier molecular flexibility index (Phi) is 5.20. The summed E-state index contributed by atoms with van der Waals surface area (Å²) in [7, 11) is 0. The van der Waals surface area contributed by atoms with Crippen LogP contribution in [-0.4, -0.2) is 28.8 Å². The molecule has 0 unspecified atom stereocenters. The van der Waals surface area contributed by atoms with E-state index in [1.807, 2.05) is 20.8 Å². The average molecular weight is 322 g/mol. The van der Waals surface area contributed by atoms with Crippen molar-refractivity contribution in [2.75, 3.05) is 0 Å². The maximum absolute atomic E-state index is 11.7. The summed E-state index contributed by atoms with van der Waals surface area (Å²) in [5.41, 5.74) is 0.248. The molecule has 1 amide bonds. The van der Waals surface area contributed by atoms with Crippen LogP contribution < -0.4 is 5.32 Å². The molecule has 0 radical (unpaired) electrons. The number of nitrogens with zero attached hydrogens (tertiary/aromatic N) is 1. The second-order valence-corrected chi connectivity index (χ2v) is 6.61. The molecule has 1 aliphatic rings. The first-order valence-corrected chi connectivity index (χ1v) is 7.59. The molecule has 126 valence electrons. The molecule has 1 aliphatic carbocycles. The lowest BCUT2D eigenvalue weighted by molar-refractivity contribution is -0.385. The third-order valence-corrected chi connectivity index (χ3v) is 3.50. The van der Waals surface area contributed by atoms with Gasteiger partial charge in [0.05, 0.1) is 23.7 Å². The Morgan fingerprint density at radius 3 is 2.70 bits per heavy atom. The summed E-state index contributed by atoms with van der Waals surface area (Å²) >= 11 is 0. The summed E-state index contributed by atoms with van der Waals surface area (Å²) in [6, 6.07) is 6.27. The van der Waals surface area contributed by atoms with Gasteiger partial charge in [0.1, 0.15) is 5.60 Å². The first-order chi connectivity index (χ1) is 10.7. The number of carbonyl (C=O) groups is 1. The van der Waals surface area contributed by atoms with Crippen molar-refractivity contribution in [2.45, 2.75) is 58.0 Å². The molecule has 0 heterocycles. The number of benzene rings is 1. The van der Waals surface area contributed by atoms with E-state index in [0.29, 0.717) is 0 Å². The summed E-state index contributed by atoms with van der Waals surface area (Å²) in [4.78, 5) is 22.1. The largest absolute Gasteiger partial charge is 0.444 e. The third-order valence-electron chi connectivity index (χ3n) is 3.50. The van der Waals surface area contributed by atoms with Gasteiger partial charge in [0.15, 0.2) is 0 Å². The van der Waals surface area contributed by atoms with Gasteiger partial charge in [-0.1, -0.05) is 12.1 Å². The van der Waals surface area contributed by atoms with Gasteiger partial charge in [0, 0.05) is 12.1 Å². The summed E-state index contributed by atoms with van der Waals surface area (Å²) < 4.78 is 11.0. The molecule has 0 aromatic heterocycles. The Morgan fingerprint density at radius 1 is 1.39 bits per heavy atom. The molecule has 2 atom stereocenters. The highest BCUT2D eigenvalue weighted by atomic mass is 16.6. The van der Waals surface area contributed by atoms with Gasteiger partial charge in [-0.3, -0.25) is 10.1 Å². The van der Waals surface area contributed by atoms with E-state index in [0.717, 1.165) is 18.4 Å². The number of ether oxygens (including phenoxy) is 2. The average Bonchev–Trinajstić information content (AvgIpc) is 2.42. The molecule has 23 heavy (non-hydrogen) atoms. The lowest BCUT2D eigenvalue weighted by atomic mass is 9.89. The standard InChI is InChI=1S/C16H22N2O5/c1-16(2,3)23-15(19)17-13-7-8-14(13)22-10-11-5-4-6-12(9-11)18(20)21/h4-6,9,13-14H,7-8,10H2,1-3H3,(H,17,19)/t13-,14-/m1/s1. The zero-order chi connectivity index (χ0) is 17.0. The van der Waals surface area contributed by atoms with E-state index in [1.165, 1.54) is 12.1 Å². The van der Waals surface area contributed by atoms with Gasteiger partial charge in [-0.05, 0) is 39.2 Å². The number of nitro benzene ring substituents is 1. The predicted octanol–water partition coefficient (Wildman–Crippen LogP) is 3.17. The fraction of sp³-hybridized carbons (Fsp3) is 0.562. The van der Waals surface area contributed by atoms with Crippen LogP contribution in [0.25, 0.3) is 0 Å². The Labute approximate surface area is 135 Å². The van der Waals surface area contributed by atoms with Crippen molar-refractivity contribution in [3.63, 3.8) is 0 Å².